The van der Waals surface area contributed by atoms with Gasteiger partial charge in [-0.15, -0.1) is 21.5 Å². The molecule has 12 N–H and O–H groups in total. The lowest BCUT2D eigenvalue weighted by Gasteiger charge is -2.05. The second-order valence-corrected chi connectivity index (χ2v) is 27.0. The van der Waals surface area contributed by atoms with E-state index in [1.165, 1.54) is 20.7 Å². The lowest BCUT2D eigenvalue weighted by atomic mass is 10.1. The fourth-order valence-corrected chi connectivity index (χ4v) is 13.5. The smallest absolute Gasteiger partial charge is 0.267 e. The van der Waals surface area contributed by atoms with Crippen LogP contribution >= 0.6 is 11.3 Å². The predicted molar refractivity (Wildman–Crippen MR) is 410 cm³/mol. The third-order valence-corrected chi connectivity index (χ3v) is 19.3. The van der Waals surface area contributed by atoms with E-state index in [2.05, 4.69) is 96.1 Å². The number of H-pyrrole nitrogens is 1. The number of thiazole rings is 1. The lowest BCUT2D eigenvalue weighted by molar-refractivity contribution is -0.117. The molecule has 43 heteroatoms. The maximum absolute atomic E-state index is 14.5. The summed E-state index contributed by atoms with van der Waals surface area (Å²) in [7, 11) is 10.5. The molecule has 16 heterocycles. The van der Waals surface area contributed by atoms with Crippen molar-refractivity contribution in [2.24, 2.45) is 71.0 Å². The fourth-order valence-electron chi connectivity index (χ4n) is 12.6. The van der Waals surface area contributed by atoms with Crippen molar-refractivity contribution in [2.45, 2.75) is 94.5 Å². The number of Topliss-reactive ketones (excluding diaryl/α,β-unsaturated/α-hetero) is 1. The highest BCUT2D eigenvalue weighted by molar-refractivity contribution is 7.15. The Morgan fingerprint density at radius 1 is 0.469 bits per heavy atom. The SMILES string of the molecule is CC(=O)CCn1nc(C)cc1-c1nc(-c2nc(C(N)=O)cc3c2cnn3C)n(C)n1.CCn1nc(C)c(F)c1-c1nc(-c2nc(C(N)=O)cc3c2cnn3C)n[nH]1.CCn1nc(C)c(O)c1-c1nc(-c2nc(C(N)=O)cc3c2cnn3C)n(C)n1.CCn1nc(C)cc1-c1nc(-c2nc(C(N)=O)cc3c2cnn3C)c(CN)s1. The van der Waals surface area contributed by atoms with Crippen LogP contribution in [0.5, 0.6) is 5.75 Å². The van der Waals surface area contributed by atoms with E-state index in [1.807, 2.05) is 51.4 Å². The maximum Gasteiger partial charge on any atom is 0.267 e. The number of nitrogens with two attached hydrogens (primary N) is 5. The number of hydrogen-bond donors (Lipinski definition) is 7. The van der Waals surface area contributed by atoms with Gasteiger partial charge >= 0.3 is 0 Å². The summed E-state index contributed by atoms with van der Waals surface area (Å²) >= 11 is 1.50. The number of halogens is 1. The van der Waals surface area contributed by atoms with Crippen LogP contribution in [0, 0.1) is 33.5 Å². The second-order valence-electron chi connectivity index (χ2n) is 25.9. The molecule has 580 valence electrons. The molecule has 0 bridgehead atoms. The molecule has 4 amide bonds. The first-order valence-corrected chi connectivity index (χ1v) is 35.8. The molecule has 0 radical (unpaired) electrons. The number of primary amides is 4. The van der Waals surface area contributed by atoms with E-state index in [9.17, 15) is 33.5 Å². The van der Waals surface area contributed by atoms with E-state index >= 15 is 0 Å². The average molecular weight is 1550 g/mol. The number of amides is 4. The van der Waals surface area contributed by atoms with Crippen LogP contribution in [-0.4, -0.2) is 182 Å². The largest absolute Gasteiger partial charge is 0.504 e. The Balaban J connectivity index is 0.000000132. The number of rotatable bonds is 19. The second kappa shape index (κ2) is 30.6. The van der Waals surface area contributed by atoms with E-state index in [-0.39, 0.29) is 57.3 Å². The minimum atomic E-state index is -0.680. The number of aromatic amines is 1. The summed E-state index contributed by atoms with van der Waals surface area (Å²) in [5.41, 5.74) is 38.2. The molecule has 0 aliphatic heterocycles. The Kier molecular flexibility index (Phi) is 20.8. The normalized spacial score (nSPS) is 11.4. The fraction of sp³-hybridized carbons (Fsp3) is 0.286. The molecule has 0 aliphatic carbocycles. The molecular weight excluding hydrogens is 1480 g/mol. The van der Waals surface area contributed by atoms with Crippen LogP contribution in [0.25, 0.3) is 135 Å². The first-order valence-electron chi connectivity index (χ1n) is 34.9. The lowest BCUT2D eigenvalue weighted by Crippen LogP contribution is -2.14. The molecule has 0 aliphatic rings. The molecule has 0 fully saturated rings. The van der Waals surface area contributed by atoms with Crippen molar-refractivity contribution in [1.29, 1.82) is 0 Å². The molecule has 0 spiro atoms. The Hall–Kier alpha value is -14.4. The number of aromatic hydroxyl groups is 1. The number of aryl methyl sites for hydroxylation is 14. The molecule has 0 atom stereocenters. The van der Waals surface area contributed by atoms with Crippen molar-refractivity contribution in [3.8, 4) is 96.9 Å². The summed E-state index contributed by atoms with van der Waals surface area (Å²) in [6.07, 6.45) is 6.99. The van der Waals surface area contributed by atoms with E-state index in [0.717, 1.165) is 49.8 Å². The van der Waals surface area contributed by atoms with Crippen molar-refractivity contribution in [2.75, 3.05) is 0 Å². The number of carbonyl (C=O) groups is 5. The third-order valence-electron chi connectivity index (χ3n) is 18.2. The van der Waals surface area contributed by atoms with Gasteiger partial charge < -0.3 is 33.8 Å². The van der Waals surface area contributed by atoms with Crippen molar-refractivity contribution >= 4 is 84.4 Å². The molecule has 0 saturated carbocycles. The molecule has 16 aromatic rings. The van der Waals surface area contributed by atoms with Crippen molar-refractivity contribution in [1.82, 2.24) is 148 Å². The zero-order valence-electron chi connectivity index (χ0n) is 63.6. The highest BCUT2D eigenvalue weighted by atomic mass is 32.1. The highest BCUT2D eigenvalue weighted by Crippen LogP contribution is 2.39. The van der Waals surface area contributed by atoms with Gasteiger partial charge in [-0.2, -0.15) is 45.9 Å². The molecule has 0 aromatic carbocycles. The minimum absolute atomic E-state index is 0.0318. The number of ketones is 1. The van der Waals surface area contributed by atoms with Crippen LogP contribution < -0.4 is 28.7 Å². The number of nitrogens with zero attached hydrogens (tertiary/aromatic N) is 29. The number of hydrogen-bond acceptors (Lipinski definition) is 27. The number of aromatic nitrogens is 30. The monoisotopic (exact) mass is 1550 g/mol. The quantitative estimate of drug-likeness (QED) is 0.0571. The summed E-state index contributed by atoms with van der Waals surface area (Å²) in [5, 5.41) is 64.2. The van der Waals surface area contributed by atoms with Crippen LogP contribution in [0.3, 0.4) is 0 Å². The zero-order chi connectivity index (χ0) is 81.0. The molecular formula is C70H76FN35O6S. The predicted octanol–water partition coefficient (Wildman–Crippen LogP) is 4.80. The van der Waals surface area contributed by atoms with E-state index in [1.54, 1.807) is 145 Å². The molecule has 41 nitrogen and oxygen atoms in total. The van der Waals surface area contributed by atoms with Gasteiger partial charge in [-0.05, 0) is 91.8 Å². The Morgan fingerprint density at radius 2 is 0.894 bits per heavy atom. The maximum atomic E-state index is 14.5. The molecule has 16 aromatic heterocycles. The van der Waals surface area contributed by atoms with Crippen LogP contribution in [0.4, 0.5) is 4.39 Å². The van der Waals surface area contributed by atoms with Gasteiger partial charge in [0.15, 0.2) is 34.9 Å². The average Bonchev–Trinajstić information content (AvgIpc) is 1.80. The van der Waals surface area contributed by atoms with Gasteiger partial charge in [0.05, 0.1) is 69.6 Å². The zero-order valence-corrected chi connectivity index (χ0v) is 64.5. The topological polar surface area (TPSA) is 546 Å². The molecule has 113 heavy (non-hydrogen) atoms. The summed E-state index contributed by atoms with van der Waals surface area (Å²) in [6, 6.07) is 10.2. The van der Waals surface area contributed by atoms with Crippen molar-refractivity contribution in [3.05, 3.63) is 117 Å². The van der Waals surface area contributed by atoms with Crippen LogP contribution in [0.1, 0.15) is 104 Å². The summed E-state index contributed by atoms with van der Waals surface area (Å²) < 4.78 is 30.9. The van der Waals surface area contributed by atoms with E-state index in [0.29, 0.717) is 129 Å². The van der Waals surface area contributed by atoms with Crippen LogP contribution in [0.15, 0.2) is 61.2 Å². The number of pyridine rings is 4. The van der Waals surface area contributed by atoms with Gasteiger partial charge in [-0.3, -0.25) is 66.5 Å². The first kappa shape index (κ1) is 76.8. The molecule has 0 saturated heterocycles. The molecule has 16 rings (SSSR count). The Morgan fingerprint density at radius 3 is 1.37 bits per heavy atom. The van der Waals surface area contributed by atoms with Gasteiger partial charge in [0, 0.05) is 108 Å². The van der Waals surface area contributed by atoms with Gasteiger partial charge in [0.25, 0.3) is 23.6 Å². The van der Waals surface area contributed by atoms with Crippen molar-refractivity contribution in [3.63, 3.8) is 0 Å². The van der Waals surface area contributed by atoms with Crippen molar-refractivity contribution < 1.29 is 33.5 Å². The summed E-state index contributed by atoms with van der Waals surface area (Å²) in [6.45, 7) is 17.0. The molecule has 0 unspecified atom stereocenters. The Labute approximate surface area is 642 Å². The Bertz CT molecular complexity index is 6460. The van der Waals surface area contributed by atoms with E-state index in [4.69, 9.17) is 33.7 Å². The third kappa shape index (κ3) is 14.6. The minimum Gasteiger partial charge on any atom is -0.504 e. The first-order chi connectivity index (χ1) is 53.9. The highest BCUT2D eigenvalue weighted by Gasteiger charge is 2.29. The van der Waals surface area contributed by atoms with Crippen LogP contribution in [0.2, 0.25) is 0 Å². The van der Waals surface area contributed by atoms with Gasteiger partial charge in [-0.25, -0.2) is 53.6 Å². The summed E-state index contributed by atoms with van der Waals surface area (Å²) in [5.74, 6) is -0.885. The number of fused-ring (bicyclic) bond motifs is 4. The van der Waals surface area contributed by atoms with Gasteiger partial charge in [-0.1, -0.05) is 0 Å². The van der Waals surface area contributed by atoms with Crippen LogP contribution in [-0.2, 0) is 79.8 Å². The van der Waals surface area contributed by atoms with E-state index < -0.39 is 29.4 Å². The summed E-state index contributed by atoms with van der Waals surface area (Å²) in [4.78, 5) is 95.3. The number of nitrogens with one attached hydrogen (secondary N) is 1. The number of carbonyl (C=O) groups excluding carboxylic acids is 5. The standard InChI is InChI=1S/C19H21N9O2.C18H20N8OS.C17H19N9O2.C16H16FN9O/c1-10-7-15(28(24-10)6-5-11(2)29)18-23-19(27(4)25-18)16-12-9-21-26(3)14(12)8-13(22-16)17(20)30;1-4-26-13(5-9(2)24-26)18-23-16(14(7-19)28-18)15-10-8-21-25(3)12(10)6-11(22-15)17(20)27;1-5-26-13(14(27)8(2)22-26)16-21-17(25(4)23-16)12-9-7-19-24(3)11(9)6-10(20-12)15(18)28;1-4-26-13(11(17)7(2)24-26)16-21-15(22-23-16)12-8-6-19-25(3)10(8)5-9(20-12)14(18)27/h7-9H,5-6H2,1-4H3,(H2,20,30);5-6,8H,4,7,19H2,1-3H3,(H2,20,27);6-7,27H,5H2,1-4H3,(H2,18,28);5-6H,4H2,1-3H3,(H2,18,27)(H,21,22,23). The van der Waals surface area contributed by atoms with Gasteiger partial charge in [0.1, 0.15) is 84.8 Å². The van der Waals surface area contributed by atoms with Gasteiger partial charge in [0.2, 0.25) is 11.6 Å².